The van der Waals surface area contributed by atoms with Crippen LogP contribution in [-0.4, -0.2) is 44.0 Å². The number of nitrogens with zero attached hydrogens (tertiary/aromatic N) is 6. The number of benzene rings is 1. The Hall–Kier alpha value is -4.99. The molecule has 0 fully saturated rings. The lowest BCUT2D eigenvalue weighted by atomic mass is 10.0. The molecule has 5 rings (SSSR count). The van der Waals surface area contributed by atoms with Gasteiger partial charge in [-0.05, 0) is 42.5 Å². The quantitative estimate of drug-likeness (QED) is 0.266. The number of aromatic nitrogens is 5. The van der Waals surface area contributed by atoms with Crippen LogP contribution in [0.3, 0.4) is 0 Å². The molecule has 9 heteroatoms. The Morgan fingerprint density at radius 2 is 1.81 bits per heavy atom. The summed E-state index contributed by atoms with van der Waals surface area (Å²) in [5, 5.41) is 24.8. The zero-order valence-corrected chi connectivity index (χ0v) is 20.1. The fourth-order valence-electron chi connectivity index (χ4n) is 3.92. The number of anilines is 1. The number of pyridine rings is 2. The number of fused-ring (bicyclic) bond motifs is 1. The zero-order chi connectivity index (χ0) is 25.6. The minimum atomic E-state index is -0.267. The highest BCUT2D eigenvalue weighted by Crippen LogP contribution is 2.31. The molecule has 4 aromatic heterocycles. The van der Waals surface area contributed by atoms with Crippen molar-refractivity contribution in [3.8, 4) is 40.2 Å². The first-order chi connectivity index (χ1) is 18.1. The van der Waals surface area contributed by atoms with Gasteiger partial charge in [-0.25, -0.2) is 13.9 Å². The Labute approximate surface area is 213 Å². The van der Waals surface area contributed by atoms with Gasteiger partial charge in [0, 0.05) is 66.5 Å². The molecule has 0 spiro atoms. The van der Waals surface area contributed by atoms with E-state index in [4.69, 9.17) is 0 Å². The van der Waals surface area contributed by atoms with Gasteiger partial charge >= 0.3 is 0 Å². The molecule has 1 aromatic carbocycles. The van der Waals surface area contributed by atoms with Crippen molar-refractivity contribution in [3.63, 3.8) is 0 Å². The average Bonchev–Trinajstić information content (AvgIpc) is 3.55. The van der Waals surface area contributed by atoms with E-state index in [1.807, 2.05) is 37.6 Å². The van der Waals surface area contributed by atoms with Crippen LogP contribution in [0.5, 0.6) is 0 Å². The highest BCUT2D eigenvalue weighted by atomic mass is 19.1. The van der Waals surface area contributed by atoms with E-state index < -0.39 is 0 Å². The predicted molar refractivity (Wildman–Crippen MR) is 140 cm³/mol. The molecule has 2 N–H and O–H groups in total. The van der Waals surface area contributed by atoms with E-state index in [1.165, 1.54) is 12.1 Å². The van der Waals surface area contributed by atoms with Crippen LogP contribution in [-0.2, 0) is 7.05 Å². The predicted octanol–water partition coefficient (Wildman–Crippen LogP) is 3.86. The van der Waals surface area contributed by atoms with Gasteiger partial charge in [-0.3, -0.25) is 4.68 Å². The number of halogens is 1. The fraction of sp³-hybridized carbons (Fsp3) is 0.143. The van der Waals surface area contributed by atoms with Gasteiger partial charge in [0.25, 0.3) is 0 Å². The van der Waals surface area contributed by atoms with E-state index in [2.05, 4.69) is 43.7 Å². The monoisotopic (exact) mass is 490 g/mol. The van der Waals surface area contributed by atoms with Crippen LogP contribution in [0.15, 0.2) is 73.4 Å². The molecule has 0 radical (unpaired) electrons. The maximum Gasteiger partial charge on any atom is 0.125 e. The van der Waals surface area contributed by atoms with Crippen LogP contribution in [0.25, 0.3) is 27.8 Å². The van der Waals surface area contributed by atoms with Crippen LogP contribution in [0.2, 0.25) is 0 Å². The van der Waals surface area contributed by atoms with Crippen LogP contribution in [0.1, 0.15) is 11.1 Å². The van der Waals surface area contributed by atoms with Crippen molar-refractivity contribution < 1.29 is 4.39 Å². The summed E-state index contributed by atoms with van der Waals surface area (Å²) in [7, 11) is 1.87. The van der Waals surface area contributed by atoms with E-state index in [0.29, 0.717) is 25.2 Å². The molecule has 0 aliphatic carbocycles. The maximum absolute atomic E-state index is 12.9. The first kappa shape index (κ1) is 23.7. The molecule has 0 atom stereocenters. The number of aryl methyl sites for hydroxylation is 1. The molecule has 182 valence electrons. The molecule has 0 saturated carbocycles. The molecule has 0 bridgehead atoms. The Morgan fingerprint density at radius 1 is 0.946 bits per heavy atom. The topological polar surface area (TPSA) is 95.9 Å². The number of nitrogens with one attached hydrogen (secondary N) is 2. The summed E-state index contributed by atoms with van der Waals surface area (Å²) in [5.74, 6) is 6.50. The Morgan fingerprint density at radius 3 is 2.54 bits per heavy atom. The standard InChI is InChI=1S/C28H23FN8/c1-36-18-24(17-34-36)22-13-26(28-23(14-30)16-35-37(28)19-22)21-6-9-27(33-15-21)32-12-11-31-10-2-3-20-4-7-25(29)8-5-20/h4-9,13,15-19,31H,10-12H2,1H3,(H,32,33). The summed E-state index contributed by atoms with van der Waals surface area (Å²) in [6, 6.07) is 14.3. The van der Waals surface area contributed by atoms with Gasteiger partial charge in [0.2, 0.25) is 0 Å². The summed E-state index contributed by atoms with van der Waals surface area (Å²) >= 11 is 0. The van der Waals surface area contributed by atoms with Gasteiger partial charge in [-0.15, -0.1) is 0 Å². The van der Waals surface area contributed by atoms with Crippen LogP contribution in [0.4, 0.5) is 10.2 Å². The number of hydrogen-bond donors (Lipinski definition) is 2. The van der Waals surface area contributed by atoms with E-state index in [0.717, 1.165) is 39.2 Å². The smallest absolute Gasteiger partial charge is 0.125 e. The van der Waals surface area contributed by atoms with Crippen molar-refractivity contribution in [2.24, 2.45) is 7.05 Å². The van der Waals surface area contributed by atoms with Gasteiger partial charge in [-0.2, -0.15) is 15.5 Å². The zero-order valence-electron chi connectivity index (χ0n) is 20.1. The lowest BCUT2D eigenvalue weighted by Gasteiger charge is -2.10. The molecular weight excluding hydrogens is 467 g/mol. The molecular formula is C28H23FN8. The van der Waals surface area contributed by atoms with Crippen LogP contribution in [0, 0.1) is 29.0 Å². The van der Waals surface area contributed by atoms with Crippen molar-refractivity contribution >= 4 is 11.3 Å². The Kier molecular flexibility index (Phi) is 6.89. The molecule has 0 aliphatic heterocycles. The van der Waals surface area contributed by atoms with Crippen LogP contribution >= 0.6 is 0 Å². The summed E-state index contributed by atoms with van der Waals surface area (Å²) in [5.41, 5.74) is 5.68. The summed E-state index contributed by atoms with van der Waals surface area (Å²) < 4.78 is 16.4. The van der Waals surface area contributed by atoms with Gasteiger partial charge < -0.3 is 10.6 Å². The van der Waals surface area contributed by atoms with Crippen molar-refractivity contribution in [1.82, 2.24) is 29.7 Å². The van der Waals surface area contributed by atoms with Crippen molar-refractivity contribution in [2.75, 3.05) is 25.0 Å². The second-order valence-electron chi connectivity index (χ2n) is 8.35. The lowest BCUT2D eigenvalue weighted by Crippen LogP contribution is -2.22. The first-order valence-electron chi connectivity index (χ1n) is 11.7. The third-order valence-corrected chi connectivity index (χ3v) is 5.74. The fourth-order valence-corrected chi connectivity index (χ4v) is 3.92. The highest BCUT2D eigenvalue weighted by molar-refractivity contribution is 5.87. The normalized spacial score (nSPS) is 10.6. The SMILES string of the molecule is Cn1cc(-c2cc(-c3ccc(NCCNCC#Cc4ccc(F)cc4)nc3)c3c(C#N)cnn3c2)cn1. The molecule has 4 heterocycles. The molecule has 8 nitrogen and oxygen atoms in total. The molecule has 37 heavy (non-hydrogen) atoms. The molecule has 5 aromatic rings. The minimum Gasteiger partial charge on any atom is -0.369 e. The second kappa shape index (κ2) is 10.7. The summed E-state index contributed by atoms with van der Waals surface area (Å²) in [4.78, 5) is 4.56. The van der Waals surface area contributed by atoms with E-state index in [1.54, 1.807) is 39.9 Å². The number of nitriles is 1. The minimum absolute atomic E-state index is 0.267. The summed E-state index contributed by atoms with van der Waals surface area (Å²) in [6.07, 6.45) is 9.00. The molecule has 0 amide bonds. The van der Waals surface area contributed by atoms with Gasteiger partial charge in [0.05, 0.1) is 30.0 Å². The van der Waals surface area contributed by atoms with Gasteiger partial charge in [-0.1, -0.05) is 11.8 Å². The van der Waals surface area contributed by atoms with E-state index in [9.17, 15) is 9.65 Å². The molecule has 0 unspecified atom stereocenters. The van der Waals surface area contributed by atoms with Crippen LogP contribution < -0.4 is 10.6 Å². The van der Waals surface area contributed by atoms with Crippen molar-refractivity contribution in [2.45, 2.75) is 0 Å². The largest absolute Gasteiger partial charge is 0.369 e. The third-order valence-electron chi connectivity index (χ3n) is 5.74. The second-order valence-corrected chi connectivity index (χ2v) is 8.35. The van der Waals surface area contributed by atoms with Gasteiger partial charge in [0.1, 0.15) is 17.7 Å². The number of rotatable bonds is 7. The summed E-state index contributed by atoms with van der Waals surface area (Å²) in [6.45, 7) is 1.91. The average molecular weight is 491 g/mol. The van der Waals surface area contributed by atoms with E-state index >= 15 is 0 Å². The number of hydrogen-bond acceptors (Lipinski definition) is 6. The third kappa shape index (κ3) is 5.48. The van der Waals surface area contributed by atoms with Gasteiger partial charge in [0.15, 0.2) is 0 Å². The Balaban J connectivity index is 1.24. The highest BCUT2D eigenvalue weighted by Gasteiger charge is 2.14. The van der Waals surface area contributed by atoms with E-state index in [-0.39, 0.29) is 5.82 Å². The lowest BCUT2D eigenvalue weighted by molar-refractivity contribution is 0.627. The Bertz CT molecular complexity index is 1630. The first-order valence-corrected chi connectivity index (χ1v) is 11.7. The van der Waals surface area contributed by atoms with Crippen molar-refractivity contribution in [3.05, 3.63) is 90.4 Å². The van der Waals surface area contributed by atoms with Crippen molar-refractivity contribution in [1.29, 1.82) is 5.26 Å². The maximum atomic E-state index is 12.9. The molecule has 0 saturated heterocycles. The molecule has 0 aliphatic rings.